The fourth-order valence-corrected chi connectivity index (χ4v) is 1.87. The molecule has 0 aliphatic heterocycles. The van der Waals surface area contributed by atoms with Crippen LogP contribution in [0.25, 0.3) is 0 Å². The van der Waals surface area contributed by atoms with E-state index in [9.17, 15) is 4.79 Å². The van der Waals surface area contributed by atoms with E-state index in [4.69, 9.17) is 11.6 Å². The first-order chi connectivity index (χ1) is 9.06. The molecule has 1 heterocycles. The molecule has 19 heavy (non-hydrogen) atoms. The summed E-state index contributed by atoms with van der Waals surface area (Å²) in [6.07, 6.45) is 2.80. The molecule has 0 saturated carbocycles. The van der Waals surface area contributed by atoms with E-state index in [-0.39, 0.29) is 5.91 Å². The Bertz CT molecular complexity index is 575. The molecular weight excluding hydrogens is 262 g/mol. The van der Waals surface area contributed by atoms with Crippen molar-refractivity contribution in [1.82, 2.24) is 9.78 Å². The van der Waals surface area contributed by atoms with E-state index >= 15 is 0 Å². The van der Waals surface area contributed by atoms with Gasteiger partial charge in [-0.1, -0.05) is 23.7 Å². The topological polar surface area (TPSA) is 46.9 Å². The van der Waals surface area contributed by atoms with Gasteiger partial charge in [0.2, 0.25) is 5.91 Å². The zero-order valence-electron chi connectivity index (χ0n) is 11.0. The average Bonchev–Trinajstić information content (AvgIpc) is 2.70. The van der Waals surface area contributed by atoms with Gasteiger partial charge in [-0.15, -0.1) is 0 Å². The predicted octanol–water partition coefficient (Wildman–Crippen LogP) is 2.95. The Labute approximate surface area is 117 Å². The Morgan fingerprint density at radius 3 is 2.63 bits per heavy atom. The smallest absolute Gasteiger partial charge is 0.224 e. The lowest BCUT2D eigenvalue weighted by Crippen LogP contribution is -2.12. The van der Waals surface area contributed by atoms with Crippen molar-refractivity contribution in [3.8, 4) is 0 Å². The van der Waals surface area contributed by atoms with Crippen LogP contribution in [-0.2, 0) is 18.3 Å². The monoisotopic (exact) mass is 277 g/mol. The molecule has 1 amide bonds. The molecule has 0 aliphatic rings. The number of rotatable bonds is 4. The number of halogens is 1. The fourth-order valence-electron chi connectivity index (χ4n) is 1.74. The molecule has 0 unspecified atom stereocenters. The maximum Gasteiger partial charge on any atom is 0.224 e. The van der Waals surface area contributed by atoms with E-state index in [0.717, 1.165) is 16.9 Å². The van der Waals surface area contributed by atoms with Gasteiger partial charge in [0.15, 0.2) is 0 Å². The first-order valence-corrected chi connectivity index (χ1v) is 6.47. The zero-order valence-corrected chi connectivity index (χ0v) is 11.7. The van der Waals surface area contributed by atoms with Gasteiger partial charge in [0.05, 0.1) is 17.6 Å². The van der Waals surface area contributed by atoms with Gasteiger partial charge < -0.3 is 5.32 Å². The van der Waals surface area contributed by atoms with Crippen LogP contribution < -0.4 is 5.32 Å². The van der Waals surface area contributed by atoms with E-state index in [0.29, 0.717) is 17.9 Å². The number of anilines is 1. The highest BCUT2D eigenvalue weighted by Gasteiger charge is 2.08. The maximum atomic E-state index is 11.8. The largest absolute Gasteiger partial charge is 0.323 e. The Balaban J connectivity index is 1.88. The highest BCUT2D eigenvalue weighted by atomic mass is 35.5. The second-order valence-electron chi connectivity index (χ2n) is 4.44. The van der Waals surface area contributed by atoms with Crippen LogP contribution in [0, 0.1) is 6.92 Å². The molecule has 0 fully saturated rings. The number of nitrogens with zero attached hydrogens (tertiary/aromatic N) is 2. The number of nitrogens with one attached hydrogen (secondary N) is 1. The molecule has 4 nitrogen and oxygen atoms in total. The molecular formula is C14H16ClN3O. The van der Waals surface area contributed by atoms with E-state index in [1.807, 2.05) is 38.2 Å². The van der Waals surface area contributed by atoms with E-state index in [1.54, 1.807) is 10.9 Å². The van der Waals surface area contributed by atoms with Gasteiger partial charge in [-0.3, -0.25) is 9.48 Å². The molecule has 5 heteroatoms. The molecule has 1 N–H and O–H groups in total. The third kappa shape index (κ3) is 3.58. The highest BCUT2D eigenvalue weighted by Crippen LogP contribution is 2.14. The van der Waals surface area contributed by atoms with E-state index < -0.39 is 0 Å². The number of hydrogen-bond donors (Lipinski definition) is 1. The summed E-state index contributed by atoms with van der Waals surface area (Å²) in [6.45, 7) is 1.92. The summed E-state index contributed by atoms with van der Waals surface area (Å²) in [5, 5.41) is 7.66. The number of aryl methyl sites for hydroxylation is 2. The Morgan fingerprint density at radius 1 is 1.37 bits per heavy atom. The molecule has 1 aromatic carbocycles. The number of benzene rings is 1. The summed E-state index contributed by atoms with van der Waals surface area (Å²) in [4.78, 5) is 11.8. The molecule has 0 saturated heterocycles. The van der Waals surface area contributed by atoms with Crippen LogP contribution in [-0.4, -0.2) is 15.7 Å². The number of carbonyl (C=O) groups is 1. The molecule has 2 rings (SSSR count). The minimum Gasteiger partial charge on any atom is -0.323 e. The second kappa shape index (κ2) is 5.89. The Morgan fingerprint density at radius 2 is 2.05 bits per heavy atom. The highest BCUT2D eigenvalue weighted by molar-refractivity contribution is 6.30. The van der Waals surface area contributed by atoms with Crippen molar-refractivity contribution >= 4 is 23.2 Å². The summed E-state index contributed by atoms with van der Waals surface area (Å²) in [5.74, 6) is -0.00829. The van der Waals surface area contributed by atoms with Crippen LogP contribution in [0.3, 0.4) is 0 Å². The van der Waals surface area contributed by atoms with Gasteiger partial charge in [-0.05, 0) is 31.0 Å². The fraction of sp³-hybridized carbons (Fsp3) is 0.286. The van der Waals surface area contributed by atoms with Gasteiger partial charge in [0.1, 0.15) is 0 Å². The van der Waals surface area contributed by atoms with Gasteiger partial charge in [-0.25, -0.2) is 0 Å². The Hall–Kier alpha value is -1.81. The number of carbonyl (C=O) groups excluding carboxylic acids is 1. The number of amides is 1. The zero-order chi connectivity index (χ0) is 13.8. The first-order valence-electron chi connectivity index (χ1n) is 6.09. The lowest BCUT2D eigenvalue weighted by atomic mass is 10.1. The molecule has 2 aromatic rings. The summed E-state index contributed by atoms with van der Waals surface area (Å²) in [5.41, 5.74) is 2.81. The van der Waals surface area contributed by atoms with Crippen LogP contribution in [0.4, 0.5) is 5.69 Å². The molecule has 0 radical (unpaired) electrons. The van der Waals surface area contributed by atoms with Gasteiger partial charge in [-0.2, -0.15) is 5.10 Å². The van der Waals surface area contributed by atoms with E-state index in [2.05, 4.69) is 10.4 Å². The van der Waals surface area contributed by atoms with Crippen molar-refractivity contribution in [3.63, 3.8) is 0 Å². The third-order valence-electron chi connectivity index (χ3n) is 3.06. The molecule has 0 spiro atoms. The Kier molecular flexibility index (Phi) is 4.22. The van der Waals surface area contributed by atoms with Crippen LogP contribution in [0.15, 0.2) is 30.5 Å². The van der Waals surface area contributed by atoms with Gasteiger partial charge >= 0.3 is 0 Å². The van der Waals surface area contributed by atoms with Crippen molar-refractivity contribution in [1.29, 1.82) is 0 Å². The third-order valence-corrected chi connectivity index (χ3v) is 3.32. The minimum atomic E-state index is -0.00829. The van der Waals surface area contributed by atoms with Crippen molar-refractivity contribution < 1.29 is 4.79 Å². The number of aromatic nitrogens is 2. The van der Waals surface area contributed by atoms with Crippen LogP contribution in [0.5, 0.6) is 0 Å². The summed E-state index contributed by atoms with van der Waals surface area (Å²) >= 11 is 5.81. The lowest BCUT2D eigenvalue weighted by Gasteiger charge is -2.05. The average molecular weight is 278 g/mol. The quantitative estimate of drug-likeness (QED) is 0.934. The molecule has 100 valence electrons. The summed E-state index contributed by atoms with van der Waals surface area (Å²) < 4.78 is 1.73. The molecule has 0 bridgehead atoms. The standard InChI is InChI=1S/C14H16ClN3O/c1-10-13(9-16-18(10)2)17-14(19)8-5-11-3-6-12(15)7-4-11/h3-4,6-7,9H,5,8H2,1-2H3,(H,17,19). The van der Waals surface area contributed by atoms with Crippen LogP contribution in [0.2, 0.25) is 5.02 Å². The maximum absolute atomic E-state index is 11.8. The van der Waals surface area contributed by atoms with Gasteiger partial charge in [0, 0.05) is 18.5 Å². The molecule has 1 aromatic heterocycles. The first kappa shape index (κ1) is 13.6. The van der Waals surface area contributed by atoms with Gasteiger partial charge in [0.25, 0.3) is 0 Å². The van der Waals surface area contributed by atoms with E-state index in [1.165, 1.54) is 0 Å². The van der Waals surface area contributed by atoms with Crippen molar-refractivity contribution in [2.75, 3.05) is 5.32 Å². The lowest BCUT2D eigenvalue weighted by molar-refractivity contribution is -0.116. The summed E-state index contributed by atoms with van der Waals surface area (Å²) in [7, 11) is 1.85. The van der Waals surface area contributed by atoms with Crippen LogP contribution in [0.1, 0.15) is 17.7 Å². The SMILES string of the molecule is Cc1c(NC(=O)CCc2ccc(Cl)cc2)cnn1C. The van der Waals surface area contributed by atoms with Crippen molar-refractivity contribution in [3.05, 3.63) is 46.7 Å². The predicted molar refractivity (Wildman–Crippen MR) is 76.3 cm³/mol. The van der Waals surface area contributed by atoms with Crippen molar-refractivity contribution in [2.45, 2.75) is 19.8 Å². The normalized spacial score (nSPS) is 10.5. The minimum absolute atomic E-state index is 0.00829. The molecule has 0 atom stereocenters. The van der Waals surface area contributed by atoms with Crippen molar-refractivity contribution in [2.24, 2.45) is 7.05 Å². The summed E-state index contributed by atoms with van der Waals surface area (Å²) in [6, 6.07) is 7.54. The van der Waals surface area contributed by atoms with Crippen LogP contribution >= 0.6 is 11.6 Å². The molecule has 0 aliphatic carbocycles. The number of hydrogen-bond acceptors (Lipinski definition) is 2. The second-order valence-corrected chi connectivity index (χ2v) is 4.88.